The molecule has 0 spiro atoms. The zero-order chi connectivity index (χ0) is 7.49. The lowest BCUT2D eigenvalue weighted by atomic mass is 10.7. The summed E-state index contributed by atoms with van der Waals surface area (Å²) < 4.78 is 13.6. The summed E-state index contributed by atoms with van der Waals surface area (Å²) in [5.41, 5.74) is 0. The van der Waals surface area contributed by atoms with Crippen LogP contribution in [0.1, 0.15) is 0 Å². The first-order valence-electron chi connectivity index (χ1n) is 1.80. The van der Waals surface area contributed by atoms with Crippen LogP contribution in [-0.2, 0) is 9.09 Å². The highest BCUT2D eigenvalue weighted by molar-refractivity contribution is 7.46. The molecule has 0 aromatic carbocycles. The minimum atomic E-state index is -4.56. The summed E-state index contributed by atoms with van der Waals surface area (Å²) in [7, 11) is -4.56. The minimum Gasteiger partial charge on any atom is -0.394 e. The second-order valence-corrected chi connectivity index (χ2v) is 2.28. The number of rotatable bonds is 2. The van der Waals surface area contributed by atoms with Crippen LogP contribution in [0.5, 0.6) is 0 Å². The smallest absolute Gasteiger partial charge is 0.394 e. The maximum atomic E-state index is 9.86. The minimum absolute atomic E-state index is 0.594. The Hall–Kier alpha value is -0.820. The summed E-state index contributed by atoms with van der Waals surface area (Å²) in [6.07, 6.45) is 0. The van der Waals surface area contributed by atoms with Crippen molar-refractivity contribution in [3.05, 3.63) is 12.3 Å². The lowest BCUT2D eigenvalue weighted by Gasteiger charge is -2.01. The van der Waals surface area contributed by atoms with E-state index in [2.05, 4.69) is 11.1 Å². The van der Waals surface area contributed by atoms with Crippen molar-refractivity contribution < 1.29 is 18.9 Å². The van der Waals surface area contributed by atoms with Gasteiger partial charge in [-0.25, -0.2) is 4.57 Å². The molecule has 0 bridgehead atoms. The highest BCUT2D eigenvalue weighted by Crippen LogP contribution is 2.37. The Kier molecular flexibility index (Phi) is 2.41. The first-order valence-corrected chi connectivity index (χ1v) is 3.33. The van der Waals surface area contributed by atoms with E-state index < -0.39 is 13.6 Å². The zero-order valence-electron chi connectivity index (χ0n) is 4.31. The Bertz CT molecular complexity index is 198. The van der Waals surface area contributed by atoms with Crippen LogP contribution in [0.3, 0.4) is 0 Å². The maximum Gasteiger partial charge on any atom is 0.525 e. The number of nitriles is 1. The molecule has 0 atom stereocenters. The third kappa shape index (κ3) is 5.04. The topological polar surface area (TPSA) is 90.5 Å². The van der Waals surface area contributed by atoms with E-state index in [-0.39, 0.29) is 0 Å². The molecule has 0 heterocycles. The predicted octanol–water partition coefficient (Wildman–Crippen LogP) is 0.133. The summed E-state index contributed by atoms with van der Waals surface area (Å²) in [4.78, 5) is 16.0. The van der Waals surface area contributed by atoms with Gasteiger partial charge in [0.1, 0.15) is 6.07 Å². The van der Waals surface area contributed by atoms with Crippen LogP contribution in [0.25, 0.3) is 0 Å². The van der Waals surface area contributed by atoms with E-state index in [4.69, 9.17) is 15.0 Å². The van der Waals surface area contributed by atoms with E-state index in [0.29, 0.717) is 0 Å². The molecular weight excluding hydrogens is 145 g/mol. The fourth-order valence-electron chi connectivity index (χ4n) is 0.164. The zero-order valence-corrected chi connectivity index (χ0v) is 5.21. The standard InChI is InChI=1S/C3H4NO4P/c1-3(2-4)8-9(5,6)7/h1H2,(H2,5,6,7). The van der Waals surface area contributed by atoms with Gasteiger partial charge in [0.15, 0.2) is 0 Å². The number of hydrogen-bond donors (Lipinski definition) is 2. The van der Waals surface area contributed by atoms with E-state index in [1.165, 1.54) is 6.07 Å². The Balaban J connectivity index is 3.94. The quantitative estimate of drug-likeness (QED) is 0.331. The summed E-state index contributed by atoms with van der Waals surface area (Å²) in [6, 6.07) is 1.31. The average Bonchev–Trinajstić information content (AvgIpc) is 1.62. The first-order chi connectivity index (χ1) is 3.95. The fraction of sp³-hybridized carbons (Fsp3) is 0. The Morgan fingerprint density at radius 2 is 2.22 bits per heavy atom. The van der Waals surface area contributed by atoms with Gasteiger partial charge in [-0.1, -0.05) is 0 Å². The number of allylic oxidation sites excluding steroid dienone is 1. The molecule has 0 saturated heterocycles. The molecule has 0 aliphatic heterocycles. The molecule has 0 radical (unpaired) electrons. The number of nitrogens with zero attached hydrogens (tertiary/aromatic N) is 1. The normalized spacial score (nSPS) is 9.89. The van der Waals surface area contributed by atoms with Crippen molar-refractivity contribution in [3.63, 3.8) is 0 Å². The molecule has 0 saturated carbocycles. The molecule has 0 aliphatic carbocycles. The van der Waals surface area contributed by atoms with Gasteiger partial charge < -0.3 is 4.52 Å². The average molecular weight is 149 g/mol. The molecule has 0 aromatic heterocycles. The van der Waals surface area contributed by atoms with Crippen molar-refractivity contribution in [2.24, 2.45) is 0 Å². The van der Waals surface area contributed by atoms with Gasteiger partial charge in [0.25, 0.3) is 0 Å². The Labute approximate surface area is 51.4 Å². The van der Waals surface area contributed by atoms with E-state index in [9.17, 15) is 4.57 Å². The van der Waals surface area contributed by atoms with E-state index in [1.807, 2.05) is 0 Å². The predicted molar refractivity (Wildman–Crippen MR) is 27.9 cm³/mol. The van der Waals surface area contributed by atoms with Gasteiger partial charge in [0, 0.05) is 0 Å². The van der Waals surface area contributed by atoms with Gasteiger partial charge in [0.2, 0.25) is 5.76 Å². The van der Waals surface area contributed by atoms with E-state index >= 15 is 0 Å². The summed E-state index contributed by atoms with van der Waals surface area (Å²) in [6.45, 7) is 2.88. The van der Waals surface area contributed by atoms with Crippen molar-refractivity contribution in [1.29, 1.82) is 5.26 Å². The first kappa shape index (κ1) is 8.18. The van der Waals surface area contributed by atoms with Crippen LogP contribution in [0.2, 0.25) is 0 Å². The highest BCUT2D eigenvalue weighted by atomic mass is 31.2. The number of hydrogen-bond acceptors (Lipinski definition) is 3. The van der Waals surface area contributed by atoms with Crippen LogP contribution < -0.4 is 0 Å². The van der Waals surface area contributed by atoms with Crippen molar-refractivity contribution in [1.82, 2.24) is 0 Å². The van der Waals surface area contributed by atoms with Gasteiger partial charge in [-0.2, -0.15) is 5.26 Å². The van der Waals surface area contributed by atoms with Crippen molar-refractivity contribution in [3.8, 4) is 6.07 Å². The van der Waals surface area contributed by atoms with Gasteiger partial charge in [-0.3, -0.25) is 9.79 Å². The number of phosphoric ester groups is 1. The van der Waals surface area contributed by atoms with E-state index in [0.717, 1.165) is 0 Å². The molecule has 0 aliphatic rings. The largest absolute Gasteiger partial charge is 0.525 e. The Morgan fingerprint density at radius 3 is 2.33 bits per heavy atom. The molecule has 6 heteroatoms. The molecule has 0 fully saturated rings. The fourth-order valence-corrected chi connectivity index (χ4v) is 0.492. The maximum absolute atomic E-state index is 9.86. The van der Waals surface area contributed by atoms with Crippen LogP contribution in [-0.4, -0.2) is 9.79 Å². The molecule has 0 aromatic rings. The Morgan fingerprint density at radius 1 is 1.78 bits per heavy atom. The summed E-state index contributed by atoms with van der Waals surface area (Å²) in [5, 5.41) is 7.88. The lowest BCUT2D eigenvalue weighted by Crippen LogP contribution is -1.84. The third-order valence-electron chi connectivity index (χ3n) is 0.354. The van der Waals surface area contributed by atoms with Crippen molar-refractivity contribution in [2.75, 3.05) is 0 Å². The molecule has 50 valence electrons. The van der Waals surface area contributed by atoms with Gasteiger partial charge in [-0.05, 0) is 6.58 Å². The van der Waals surface area contributed by atoms with Crippen LogP contribution in [0.4, 0.5) is 0 Å². The second-order valence-electron chi connectivity index (χ2n) is 1.12. The van der Waals surface area contributed by atoms with Gasteiger partial charge >= 0.3 is 7.82 Å². The molecule has 0 unspecified atom stereocenters. The van der Waals surface area contributed by atoms with Crippen LogP contribution in [0.15, 0.2) is 12.3 Å². The van der Waals surface area contributed by atoms with Gasteiger partial charge in [-0.15, -0.1) is 0 Å². The molecular formula is C3H4NO4P. The SMILES string of the molecule is C=C(C#N)OP(=O)(O)O. The van der Waals surface area contributed by atoms with E-state index in [1.54, 1.807) is 0 Å². The molecule has 5 nitrogen and oxygen atoms in total. The van der Waals surface area contributed by atoms with Crippen LogP contribution in [0, 0.1) is 11.3 Å². The second kappa shape index (κ2) is 2.65. The van der Waals surface area contributed by atoms with Crippen molar-refractivity contribution in [2.45, 2.75) is 0 Å². The third-order valence-corrected chi connectivity index (χ3v) is 0.812. The van der Waals surface area contributed by atoms with Crippen molar-refractivity contribution >= 4 is 7.82 Å². The summed E-state index contributed by atoms with van der Waals surface area (Å²) in [5.74, 6) is -0.594. The number of phosphoric acid groups is 1. The highest BCUT2D eigenvalue weighted by Gasteiger charge is 2.15. The lowest BCUT2D eigenvalue weighted by molar-refractivity contribution is 0.249. The van der Waals surface area contributed by atoms with Crippen LogP contribution >= 0.6 is 7.82 Å². The molecule has 2 N–H and O–H groups in total. The van der Waals surface area contributed by atoms with Gasteiger partial charge in [0.05, 0.1) is 0 Å². The molecule has 9 heavy (non-hydrogen) atoms. The molecule has 0 rings (SSSR count). The monoisotopic (exact) mass is 149 g/mol. The summed E-state index contributed by atoms with van der Waals surface area (Å²) >= 11 is 0. The molecule has 0 amide bonds.